The van der Waals surface area contributed by atoms with E-state index in [1.807, 2.05) is 18.7 Å². The van der Waals surface area contributed by atoms with Crippen LogP contribution >= 0.6 is 0 Å². The van der Waals surface area contributed by atoms with Crippen molar-refractivity contribution >= 4 is 22.0 Å². The summed E-state index contributed by atoms with van der Waals surface area (Å²) in [5.41, 5.74) is 3.56. The topological polar surface area (TPSA) is 114 Å². The summed E-state index contributed by atoms with van der Waals surface area (Å²) in [5.74, 6) is 1.30. The number of carbonyl (C=O) groups is 2. The Kier molecular flexibility index (Phi) is 9.40. The first-order chi connectivity index (χ1) is 17.7. The lowest BCUT2D eigenvalue weighted by Crippen LogP contribution is -2.51. The summed E-state index contributed by atoms with van der Waals surface area (Å²) in [4.78, 5) is 26.8. The number of carbonyl (C=O) groups excluding carboxylic acids is 2. The molecule has 10 nitrogen and oxygen atoms in total. The third-order valence-corrected chi connectivity index (χ3v) is 11.9. The van der Waals surface area contributed by atoms with Gasteiger partial charge in [0, 0.05) is 57.9 Å². The van der Waals surface area contributed by atoms with Crippen molar-refractivity contribution < 1.29 is 18.0 Å². The highest BCUT2D eigenvalue weighted by atomic mass is 32.2. The number of hydrogen-bond acceptors (Lipinski definition) is 6. The number of urea groups is 1. The van der Waals surface area contributed by atoms with E-state index in [0.717, 1.165) is 45.3 Å². The second-order valence-electron chi connectivity index (χ2n) is 11.5. The Balaban J connectivity index is 1.30. The van der Waals surface area contributed by atoms with E-state index in [2.05, 4.69) is 28.0 Å². The number of sulfonamides is 1. The average Bonchev–Trinajstić information content (AvgIpc) is 3.24. The molecule has 3 heterocycles. The Bertz CT molecular complexity index is 897. The van der Waals surface area contributed by atoms with Crippen molar-refractivity contribution in [2.24, 2.45) is 17.8 Å². The van der Waals surface area contributed by atoms with Crippen molar-refractivity contribution in [3.63, 3.8) is 0 Å². The maximum Gasteiger partial charge on any atom is 0.314 e. The number of fused-ring (bicyclic) bond motifs is 1. The fourth-order valence-corrected chi connectivity index (χ4v) is 9.34. The first-order valence-electron chi connectivity index (χ1n) is 14.5. The molecule has 3 aliphatic heterocycles. The Morgan fingerprint density at radius 3 is 2.16 bits per heavy atom. The molecule has 4 aliphatic rings. The van der Waals surface area contributed by atoms with Crippen LogP contribution in [0.4, 0.5) is 4.79 Å². The number of rotatable bonds is 7. The van der Waals surface area contributed by atoms with Crippen molar-refractivity contribution in [3.8, 4) is 0 Å². The monoisotopic (exact) mass is 540 g/mol. The van der Waals surface area contributed by atoms with E-state index in [1.54, 1.807) is 11.4 Å². The lowest BCUT2D eigenvalue weighted by atomic mass is 9.74. The highest BCUT2D eigenvalue weighted by Crippen LogP contribution is 2.40. The van der Waals surface area contributed by atoms with Crippen LogP contribution in [0.2, 0.25) is 0 Å². The highest BCUT2D eigenvalue weighted by molar-refractivity contribution is 7.89. The van der Waals surface area contributed by atoms with Gasteiger partial charge in [0.15, 0.2) is 0 Å². The number of nitrogens with zero attached hydrogens (tertiary/aromatic N) is 3. The summed E-state index contributed by atoms with van der Waals surface area (Å²) in [7, 11) is -1.73. The molecule has 1 aliphatic carbocycles. The van der Waals surface area contributed by atoms with Gasteiger partial charge < -0.3 is 15.5 Å². The van der Waals surface area contributed by atoms with E-state index in [1.165, 1.54) is 0 Å². The molecule has 1 saturated carbocycles. The van der Waals surface area contributed by atoms with Crippen LogP contribution in [0.25, 0.3) is 0 Å². The Morgan fingerprint density at radius 1 is 0.946 bits per heavy atom. The summed E-state index contributed by atoms with van der Waals surface area (Å²) in [5, 5.41) is 7.45. The summed E-state index contributed by atoms with van der Waals surface area (Å²) in [6, 6.07) is 0.215. The van der Waals surface area contributed by atoms with Gasteiger partial charge in [-0.15, -0.1) is 0 Å². The second kappa shape index (κ2) is 12.2. The summed E-state index contributed by atoms with van der Waals surface area (Å²) in [6.45, 7) is 9.87. The highest BCUT2D eigenvalue weighted by Gasteiger charge is 2.48. The maximum atomic E-state index is 13.4. The van der Waals surface area contributed by atoms with E-state index in [4.69, 9.17) is 0 Å². The SMILES string of the molecule is CCN(CC)C(=O)C1C(C)NN2CCC(C3CCN(S(=O)(=O)C4CCC(NC(=O)NC)CC4)CC3)CC12. The molecule has 0 aromatic heterocycles. The van der Waals surface area contributed by atoms with Crippen LogP contribution in [-0.2, 0) is 14.8 Å². The van der Waals surface area contributed by atoms with Gasteiger partial charge in [0.25, 0.3) is 0 Å². The van der Waals surface area contributed by atoms with Gasteiger partial charge in [0.05, 0.1) is 11.2 Å². The smallest absolute Gasteiger partial charge is 0.314 e. The number of hydrazine groups is 1. The standard InChI is InChI=1S/C26H48N6O4S/c1-5-30(6-2)25(33)24-18(3)29-32-16-13-20(17-23(24)32)19-11-14-31(15-12-19)37(35,36)22-9-7-21(8-10-22)28-26(34)27-4/h18-24,29H,5-17H2,1-4H3,(H2,27,28,34). The lowest BCUT2D eigenvalue weighted by Gasteiger charge is -2.43. The molecule has 4 rings (SSSR count). The molecule has 3 N–H and O–H groups in total. The lowest BCUT2D eigenvalue weighted by molar-refractivity contribution is -0.136. The van der Waals surface area contributed by atoms with Crippen LogP contribution in [0.3, 0.4) is 0 Å². The number of piperidine rings is 2. The van der Waals surface area contributed by atoms with Gasteiger partial charge in [-0.1, -0.05) is 0 Å². The molecule has 4 atom stereocenters. The molecule has 212 valence electrons. The minimum atomic E-state index is -3.32. The van der Waals surface area contributed by atoms with Crippen molar-refractivity contribution in [3.05, 3.63) is 0 Å². The van der Waals surface area contributed by atoms with Gasteiger partial charge in [-0.25, -0.2) is 22.5 Å². The van der Waals surface area contributed by atoms with Gasteiger partial charge in [-0.05, 0) is 84.0 Å². The first kappa shape index (κ1) is 28.6. The molecule has 37 heavy (non-hydrogen) atoms. The van der Waals surface area contributed by atoms with Crippen molar-refractivity contribution in [1.29, 1.82) is 0 Å². The van der Waals surface area contributed by atoms with Gasteiger partial charge >= 0.3 is 6.03 Å². The molecule has 0 aromatic rings. The molecule has 4 fully saturated rings. The van der Waals surface area contributed by atoms with Crippen molar-refractivity contribution in [1.82, 2.24) is 30.3 Å². The van der Waals surface area contributed by atoms with Crippen LogP contribution in [0.1, 0.15) is 72.1 Å². The predicted octanol–water partition coefficient (Wildman–Crippen LogP) is 1.74. The first-order valence-corrected chi connectivity index (χ1v) is 16.0. The maximum absolute atomic E-state index is 13.4. The summed E-state index contributed by atoms with van der Waals surface area (Å²) >= 11 is 0. The molecule has 4 unspecified atom stereocenters. The zero-order valence-electron chi connectivity index (χ0n) is 23.1. The second-order valence-corrected chi connectivity index (χ2v) is 13.7. The quantitative estimate of drug-likeness (QED) is 0.453. The Morgan fingerprint density at radius 2 is 1.57 bits per heavy atom. The number of hydrogen-bond donors (Lipinski definition) is 3. The van der Waals surface area contributed by atoms with Gasteiger partial charge in [-0.3, -0.25) is 10.2 Å². The summed E-state index contributed by atoms with van der Waals surface area (Å²) in [6.07, 6.45) is 6.52. The minimum Gasteiger partial charge on any atom is -0.343 e. The van der Waals surface area contributed by atoms with E-state index < -0.39 is 10.0 Å². The third-order valence-electron chi connectivity index (χ3n) is 9.55. The van der Waals surface area contributed by atoms with Gasteiger partial charge in [-0.2, -0.15) is 0 Å². The molecule has 0 aromatic carbocycles. The molecule has 11 heteroatoms. The van der Waals surface area contributed by atoms with Crippen molar-refractivity contribution in [2.45, 2.75) is 95.5 Å². The van der Waals surface area contributed by atoms with Crippen LogP contribution in [-0.4, -0.2) is 97.7 Å². The number of amides is 3. The molecular weight excluding hydrogens is 492 g/mol. The van der Waals surface area contributed by atoms with Crippen LogP contribution in [0, 0.1) is 17.8 Å². The Labute approximate surface area is 223 Å². The molecule has 0 bridgehead atoms. The minimum absolute atomic E-state index is 0.0174. The summed E-state index contributed by atoms with van der Waals surface area (Å²) < 4.78 is 28.5. The van der Waals surface area contributed by atoms with Crippen LogP contribution in [0.15, 0.2) is 0 Å². The zero-order valence-corrected chi connectivity index (χ0v) is 23.9. The van der Waals surface area contributed by atoms with E-state index in [0.29, 0.717) is 50.6 Å². The molecule has 0 spiro atoms. The molecular formula is C26H48N6O4S. The largest absolute Gasteiger partial charge is 0.343 e. The van der Waals surface area contributed by atoms with Crippen LogP contribution < -0.4 is 16.1 Å². The zero-order chi connectivity index (χ0) is 26.7. The average molecular weight is 541 g/mol. The number of nitrogens with one attached hydrogen (secondary N) is 3. The Hall–Kier alpha value is -1.43. The van der Waals surface area contributed by atoms with Crippen LogP contribution in [0.5, 0.6) is 0 Å². The molecule has 3 amide bonds. The third kappa shape index (κ3) is 6.09. The van der Waals surface area contributed by atoms with E-state index in [-0.39, 0.29) is 41.2 Å². The molecule has 3 saturated heterocycles. The van der Waals surface area contributed by atoms with Gasteiger partial charge in [0.2, 0.25) is 15.9 Å². The fourth-order valence-electron chi connectivity index (χ4n) is 7.33. The van der Waals surface area contributed by atoms with E-state index in [9.17, 15) is 18.0 Å². The van der Waals surface area contributed by atoms with Crippen molar-refractivity contribution in [2.75, 3.05) is 39.8 Å². The van der Waals surface area contributed by atoms with Gasteiger partial charge in [0.1, 0.15) is 0 Å². The molecule has 0 radical (unpaired) electrons. The normalized spacial score (nSPS) is 34.1. The van der Waals surface area contributed by atoms with E-state index >= 15 is 0 Å². The fraction of sp³-hybridized carbons (Fsp3) is 0.923. The predicted molar refractivity (Wildman–Crippen MR) is 144 cm³/mol.